The third-order valence-electron chi connectivity index (χ3n) is 3.57. The minimum atomic E-state index is -1.14. The Labute approximate surface area is 110 Å². The van der Waals surface area contributed by atoms with E-state index in [1.165, 1.54) is 4.68 Å². The predicted molar refractivity (Wildman–Crippen MR) is 63.5 cm³/mol. The zero-order valence-corrected chi connectivity index (χ0v) is 11.1. The third kappa shape index (κ3) is 2.33. The Morgan fingerprint density at radius 1 is 1.47 bits per heavy atom. The smallest absolute Gasteiger partial charge is 0.331 e. The maximum Gasteiger partial charge on any atom is 0.331 e. The van der Waals surface area contributed by atoms with Gasteiger partial charge in [-0.15, -0.1) is 5.10 Å². The molecule has 106 valence electrons. The molecular formula is C11H18N4O4. The molecule has 1 aliphatic heterocycles. The molecule has 0 amide bonds. The van der Waals surface area contributed by atoms with E-state index in [0.29, 0.717) is 38.5 Å². The normalized spacial score (nSPS) is 20.4. The number of ether oxygens (including phenoxy) is 2. The second kappa shape index (κ2) is 5.62. The molecule has 1 N–H and O–H groups in total. The molecule has 1 saturated heterocycles. The lowest BCUT2D eigenvalue weighted by Crippen LogP contribution is -2.44. The van der Waals surface area contributed by atoms with E-state index in [1.54, 1.807) is 13.8 Å². The number of nitrogens with zero attached hydrogens (tertiary/aromatic N) is 4. The summed E-state index contributed by atoms with van der Waals surface area (Å²) in [7, 11) is 0. The average Bonchev–Trinajstić information content (AvgIpc) is 2.91. The fourth-order valence-electron chi connectivity index (χ4n) is 2.28. The van der Waals surface area contributed by atoms with Crippen LogP contribution in [0.25, 0.3) is 0 Å². The Bertz CT molecular complexity index is 438. The Balaban J connectivity index is 2.38. The highest BCUT2D eigenvalue weighted by Gasteiger charge is 2.42. The number of hydrogen-bond acceptors (Lipinski definition) is 6. The SMILES string of the molecule is CCC(CC)(C(=O)O)n1nnnc1C1COCCO1. The standard InChI is InChI=1S/C11H18N4O4/c1-3-11(4-2,10(16)17)15-9(12-13-14-15)8-7-18-5-6-19-8/h8H,3-7H2,1-2H3,(H,16,17). The summed E-state index contributed by atoms with van der Waals surface area (Å²) in [6.07, 6.45) is 0.370. The van der Waals surface area contributed by atoms with Crippen LogP contribution in [-0.2, 0) is 19.8 Å². The van der Waals surface area contributed by atoms with Gasteiger partial charge >= 0.3 is 5.97 Å². The predicted octanol–water partition coefficient (Wildman–Crippen LogP) is 0.361. The zero-order chi connectivity index (χ0) is 13.9. The van der Waals surface area contributed by atoms with Crippen molar-refractivity contribution < 1.29 is 19.4 Å². The quantitative estimate of drug-likeness (QED) is 0.824. The van der Waals surface area contributed by atoms with E-state index in [9.17, 15) is 9.90 Å². The maximum atomic E-state index is 11.6. The lowest BCUT2D eigenvalue weighted by atomic mass is 9.93. The number of hydrogen-bond donors (Lipinski definition) is 1. The molecule has 1 fully saturated rings. The van der Waals surface area contributed by atoms with Crippen LogP contribution in [0.3, 0.4) is 0 Å². The Morgan fingerprint density at radius 2 is 2.21 bits per heavy atom. The van der Waals surface area contributed by atoms with E-state index in [4.69, 9.17) is 9.47 Å². The van der Waals surface area contributed by atoms with E-state index >= 15 is 0 Å². The number of aliphatic carboxylic acids is 1. The van der Waals surface area contributed by atoms with E-state index in [0.717, 1.165) is 0 Å². The first-order valence-corrected chi connectivity index (χ1v) is 6.37. The summed E-state index contributed by atoms with van der Waals surface area (Å²) >= 11 is 0. The van der Waals surface area contributed by atoms with Crippen LogP contribution < -0.4 is 0 Å². The Morgan fingerprint density at radius 3 is 2.74 bits per heavy atom. The van der Waals surface area contributed by atoms with Gasteiger partial charge in [0.25, 0.3) is 0 Å². The molecule has 1 atom stereocenters. The summed E-state index contributed by atoms with van der Waals surface area (Å²) in [5.41, 5.74) is -1.14. The van der Waals surface area contributed by atoms with Crippen molar-refractivity contribution in [2.24, 2.45) is 0 Å². The van der Waals surface area contributed by atoms with Gasteiger partial charge in [-0.1, -0.05) is 13.8 Å². The molecular weight excluding hydrogens is 252 g/mol. The molecule has 1 aliphatic rings. The van der Waals surface area contributed by atoms with E-state index in [1.807, 2.05) is 0 Å². The molecule has 1 aromatic rings. The van der Waals surface area contributed by atoms with Gasteiger partial charge in [0.05, 0.1) is 19.8 Å². The number of tetrazole rings is 1. The van der Waals surface area contributed by atoms with Gasteiger partial charge < -0.3 is 14.6 Å². The summed E-state index contributed by atoms with van der Waals surface area (Å²) < 4.78 is 12.2. The van der Waals surface area contributed by atoms with Gasteiger partial charge in [-0.05, 0) is 23.3 Å². The van der Waals surface area contributed by atoms with Crippen LogP contribution in [-0.4, -0.2) is 51.1 Å². The molecule has 19 heavy (non-hydrogen) atoms. The van der Waals surface area contributed by atoms with Crippen LogP contribution in [0.1, 0.15) is 38.6 Å². The van der Waals surface area contributed by atoms with E-state index in [2.05, 4.69) is 15.5 Å². The van der Waals surface area contributed by atoms with Gasteiger partial charge in [0, 0.05) is 0 Å². The summed E-state index contributed by atoms with van der Waals surface area (Å²) in [4.78, 5) is 11.6. The third-order valence-corrected chi connectivity index (χ3v) is 3.57. The fraction of sp³-hybridized carbons (Fsp3) is 0.818. The number of carboxylic acids is 1. The molecule has 1 unspecified atom stereocenters. The highest BCUT2D eigenvalue weighted by Crippen LogP contribution is 2.29. The molecule has 0 aliphatic carbocycles. The monoisotopic (exact) mass is 270 g/mol. The highest BCUT2D eigenvalue weighted by atomic mass is 16.6. The van der Waals surface area contributed by atoms with Crippen LogP contribution in [0.2, 0.25) is 0 Å². The van der Waals surface area contributed by atoms with Crippen LogP contribution in [0.4, 0.5) is 0 Å². The molecule has 0 spiro atoms. The molecule has 2 rings (SSSR count). The summed E-state index contributed by atoms with van der Waals surface area (Å²) in [6.45, 7) is 4.94. The topological polar surface area (TPSA) is 99.4 Å². The molecule has 0 bridgehead atoms. The first-order valence-electron chi connectivity index (χ1n) is 6.37. The lowest BCUT2D eigenvalue weighted by molar-refractivity contribution is -0.149. The molecule has 0 radical (unpaired) electrons. The number of carbonyl (C=O) groups is 1. The van der Waals surface area contributed by atoms with Crippen LogP contribution >= 0.6 is 0 Å². The summed E-state index contributed by atoms with van der Waals surface area (Å²) in [5, 5.41) is 20.9. The summed E-state index contributed by atoms with van der Waals surface area (Å²) in [5.74, 6) is -0.534. The maximum absolute atomic E-state index is 11.6. The zero-order valence-electron chi connectivity index (χ0n) is 11.1. The summed E-state index contributed by atoms with van der Waals surface area (Å²) in [6, 6.07) is 0. The van der Waals surface area contributed by atoms with Crippen molar-refractivity contribution in [3.63, 3.8) is 0 Å². The van der Waals surface area contributed by atoms with Crippen molar-refractivity contribution >= 4 is 5.97 Å². The van der Waals surface area contributed by atoms with Crippen molar-refractivity contribution in [1.82, 2.24) is 20.2 Å². The molecule has 0 aromatic carbocycles. The first-order chi connectivity index (χ1) is 9.15. The van der Waals surface area contributed by atoms with Crippen molar-refractivity contribution in [2.45, 2.75) is 38.3 Å². The van der Waals surface area contributed by atoms with Crippen LogP contribution in [0.5, 0.6) is 0 Å². The molecule has 2 heterocycles. The van der Waals surface area contributed by atoms with Gasteiger partial charge in [-0.25, -0.2) is 9.48 Å². The number of rotatable bonds is 5. The Kier molecular flexibility index (Phi) is 4.11. The number of aromatic nitrogens is 4. The van der Waals surface area contributed by atoms with Crippen molar-refractivity contribution in [1.29, 1.82) is 0 Å². The first kappa shape index (κ1) is 13.9. The fourth-order valence-corrected chi connectivity index (χ4v) is 2.28. The average molecular weight is 270 g/mol. The molecule has 8 heteroatoms. The largest absolute Gasteiger partial charge is 0.479 e. The van der Waals surface area contributed by atoms with E-state index < -0.39 is 17.6 Å². The van der Waals surface area contributed by atoms with Crippen molar-refractivity contribution in [3.8, 4) is 0 Å². The number of carboxylic acid groups (broad SMARTS) is 1. The van der Waals surface area contributed by atoms with Gasteiger partial charge in [0.15, 0.2) is 11.4 Å². The van der Waals surface area contributed by atoms with Gasteiger partial charge in [0.1, 0.15) is 6.10 Å². The minimum Gasteiger partial charge on any atom is -0.479 e. The molecule has 0 saturated carbocycles. The van der Waals surface area contributed by atoms with E-state index in [-0.39, 0.29) is 0 Å². The van der Waals surface area contributed by atoms with Crippen LogP contribution in [0.15, 0.2) is 0 Å². The lowest BCUT2D eigenvalue weighted by Gasteiger charge is -2.30. The second-order valence-electron chi connectivity index (χ2n) is 4.43. The minimum absolute atomic E-state index is 0.337. The molecule has 1 aromatic heterocycles. The van der Waals surface area contributed by atoms with Gasteiger partial charge in [-0.3, -0.25) is 0 Å². The molecule has 8 nitrogen and oxygen atoms in total. The second-order valence-corrected chi connectivity index (χ2v) is 4.43. The Hall–Kier alpha value is -1.54. The van der Waals surface area contributed by atoms with Crippen molar-refractivity contribution in [3.05, 3.63) is 5.82 Å². The van der Waals surface area contributed by atoms with Gasteiger partial charge in [-0.2, -0.15) is 0 Å². The highest BCUT2D eigenvalue weighted by molar-refractivity contribution is 5.76. The van der Waals surface area contributed by atoms with Gasteiger partial charge in [0.2, 0.25) is 0 Å². The van der Waals surface area contributed by atoms with Crippen molar-refractivity contribution in [2.75, 3.05) is 19.8 Å². The van der Waals surface area contributed by atoms with Crippen LogP contribution in [0, 0.1) is 0 Å².